The van der Waals surface area contributed by atoms with E-state index in [-0.39, 0.29) is 18.4 Å². The van der Waals surface area contributed by atoms with E-state index >= 15 is 0 Å². The molecule has 0 radical (unpaired) electrons. The maximum Gasteiger partial charge on any atom is 0.302 e. The van der Waals surface area contributed by atoms with Crippen LogP contribution in [0.3, 0.4) is 0 Å². The number of ketones is 1. The topological polar surface area (TPSA) is 43.4 Å². The second-order valence-corrected chi connectivity index (χ2v) is 3.79. The van der Waals surface area contributed by atoms with Crippen molar-refractivity contribution >= 4 is 11.8 Å². The smallest absolute Gasteiger partial charge is 0.302 e. The third-order valence-corrected chi connectivity index (χ3v) is 2.25. The molecule has 0 aromatic heterocycles. The first-order valence-corrected chi connectivity index (χ1v) is 5.82. The van der Waals surface area contributed by atoms with Crippen LogP contribution in [0.15, 0.2) is 0 Å². The Morgan fingerprint density at radius 3 is 2.27 bits per heavy atom. The van der Waals surface area contributed by atoms with Crippen LogP contribution in [-0.2, 0) is 14.3 Å². The molecule has 0 N–H and O–H groups in total. The second-order valence-electron chi connectivity index (χ2n) is 3.79. The minimum absolute atomic E-state index is 0.202. The zero-order valence-corrected chi connectivity index (χ0v) is 9.88. The summed E-state index contributed by atoms with van der Waals surface area (Å²) in [7, 11) is 0. The van der Waals surface area contributed by atoms with E-state index in [1.807, 2.05) is 0 Å². The number of unbranched alkanes of at least 4 members (excludes halogenated alkanes) is 4. The molecule has 0 aliphatic carbocycles. The largest absolute Gasteiger partial charge is 0.465 e. The summed E-state index contributed by atoms with van der Waals surface area (Å²) in [5.74, 6) is -0.113. The Morgan fingerprint density at radius 2 is 1.67 bits per heavy atom. The molecular formula is C12H22O3. The molecule has 0 aromatic carbocycles. The van der Waals surface area contributed by atoms with Crippen molar-refractivity contribution in [1.82, 2.24) is 0 Å². The van der Waals surface area contributed by atoms with Gasteiger partial charge in [-0.25, -0.2) is 0 Å². The van der Waals surface area contributed by atoms with Crippen molar-refractivity contribution in [2.45, 2.75) is 58.8 Å². The molecule has 0 saturated carbocycles. The van der Waals surface area contributed by atoms with Crippen LogP contribution in [-0.4, -0.2) is 18.4 Å². The first kappa shape index (κ1) is 14.1. The molecule has 0 rings (SSSR count). The van der Waals surface area contributed by atoms with Gasteiger partial charge in [0.2, 0.25) is 0 Å². The molecule has 0 heterocycles. The van der Waals surface area contributed by atoms with Crippen LogP contribution < -0.4 is 0 Å². The highest BCUT2D eigenvalue weighted by atomic mass is 16.5. The van der Waals surface area contributed by atoms with Gasteiger partial charge in [-0.15, -0.1) is 0 Å². The Hall–Kier alpha value is -0.860. The number of ether oxygens (including phenoxy) is 1. The lowest BCUT2D eigenvalue weighted by atomic mass is 10.1. The number of hydrogen-bond acceptors (Lipinski definition) is 3. The fourth-order valence-corrected chi connectivity index (χ4v) is 1.36. The van der Waals surface area contributed by atoms with Gasteiger partial charge in [0.25, 0.3) is 0 Å². The molecule has 15 heavy (non-hydrogen) atoms. The van der Waals surface area contributed by atoms with E-state index in [4.69, 9.17) is 4.74 Å². The second kappa shape index (κ2) is 9.69. The molecule has 3 nitrogen and oxygen atoms in total. The summed E-state index contributed by atoms with van der Waals surface area (Å²) in [6.45, 7) is 3.77. The van der Waals surface area contributed by atoms with Crippen LogP contribution in [0, 0.1) is 0 Å². The molecule has 0 fully saturated rings. The summed E-state index contributed by atoms with van der Waals surface area (Å²) in [5, 5.41) is 0. The summed E-state index contributed by atoms with van der Waals surface area (Å²) in [6, 6.07) is 0. The predicted octanol–water partition coefficient (Wildman–Crippen LogP) is 2.87. The van der Waals surface area contributed by atoms with E-state index in [9.17, 15) is 9.59 Å². The first-order chi connectivity index (χ1) is 7.16. The standard InChI is InChI=1S/C12H22O3/c1-3-4-5-6-7-8-12(14)9-10-15-11(2)13/h3-10H2,1-2H3. The summed E-state index contributed by atoms with van der Waals surface area (Å²) in [6.07, 6.45) is 6.79. The van der Waals surface area contributed by atoms with Crippen molar-refractivity contribution in [3.05, 3.63) is 0 Å². The molecule has 0 aromatic rings. The van der Waals surface area contributed by atoms with Gasteiger partial charge in [0.15, 0.2) is 0 Å². The minimum Gasteiger partial charge on any atom is -0.465 e. The lowest BCUT2D eigenvalue weighted by molar-refractivity contribution is -0.141. The van der Waals surface area contributed by atoms with E-state index in [0.29, 0.717) is 12.8 Å². The number of Topliss-reactive ketones (excluding diaryl/α,β-unsaturated/α-hetero) is 1. The van der Waals surface area contributed by atoms with Gasteiger partial charge < -0.3 is 4.74 Å². The average Bonchev–Trinajstić information content (AvgIpc) is 2.17. The van der Waals surface area contributed by atoms with Crippen molar-refractivity contribution in [1.29, 1.82) is 0 Å². The molecule has 3 heteroatoms. The van der Waals surface area contributed by atoms with Gasteiger partial charge in [-0.05, 0) is 6.42 Å². The Balaban J connectivity index is 3.22. The monoisotopic (exact) mass is 214 g/mol. The lowest BCUT2D eigenvalue weighted by Gasteiger charge is -2.01. The highest BCUT2D eigenvalue weighted by Gasteiger charge is 2.02. The summed E-state index contributed by atoms with van der Waals surface area (Å²) >= 11 is 0. The van der Waals surface area contributed by atoms with Crippen LogP contribution in [0.1, 0.15) is 58.8 Å². The number of rotatable bonds is 9. The van der Waals surface area contributed by atoms with Gasteiger partial charge in [0, 0.05) is 19.8 Å². The molecule has 0 spiro atoms. The molecule has 0 atom stereocenters. The van der Waals surface area contributed by atoms with Gasteiger partial charge >= 0.3 is 5.97 Å². The first-order valence-electron chi connectivity index (χ1n) is 5.82. The average molecular weight is 214 g/mol. The minimum atomic E-state index is -0.314. The molecule has 0 saturated heterocycles. The van der Waals surface area contributed by atoms with Crippen LogP contribution >= 0.6 is 0 Å². The van der Waals surface area contributed by atoms with Gasteiger partial charge in [-0.1, -0.05) is 32.6 Å². The zero-order valence-electron chi connectivity index (χ0n) is 9.88. The Kier molecular flexibility index (Phi) is 9.13. The molecule has 0 amide bonds. The van der Waals surface area contributed by atoms with Crippen molar-refractivity contribution in [2.75, 3.05) is 6.61 Å². The van der Waals surface area contributed by atoms with Crippen molar-refractivity contribution < 1.29 is 14.3 Å². The van der Waals surface area contributed by atoms with Gasteiger partial charge in [0.1, 0.15) is 5.78 Å². The quantitative estimate of drug-likeness (QED) is 0.438. The van der Waals surface area contributed by atoms with Crippen LogP contribution in [0.5, 0.6) is 0 Å². The van der Waals surface area contributed by atoms with Gasteiger partial charge in [-0.3, -0.25) is 9.59 Å². The Labute approximate surface area is 92.2 Å². The lowest BCUT2D eigenvalue weighted by Crippen LogP contribution is -2.06. The molecule has 0 aliphatic rings. The van der Waals surface area contributed by atoms with E-state index in [1.165, 1.54) is 26.2 Å². The molecule has 0 aliphatic heterocycles. The Morgan fingerprint density at radius 1 is 1.00 bits per heavy atom. The number of carbonyl (C=O) groups is 2. The van der Waals surface area contributed by atoms with E-state index < -0.39 is 0 Å². The van der Waals surface area contributed by atoms with Gasteiger partial charge in [0.05, 0.1) is 6.61 Å². The summed E-state index contributed by atoms with van der Waals surface area (Å²) in [4.78, 5) is 21.7. The van der Waals surface area contributed by atoms with E-state index in [1.54, 1.807) is 0 Å². The fraction of sp³-hybridized carbons (Fsp3) is 0.833. The number of carbonyl (C=O) groups excluding carboxylic acids is 2. The SMILES string of the molecule is CCCCCCCC(=O)CCOC(C)=O. The van der Waals surface area contributed by atoms with Crippen LogP contribution in [0.2, 0.25) is 0 Å². The zero-order chi connectivity index (χ0) is 11.5. The van der Waals surface area contributed by atoms with Crippen LogP contribution in [0.25, 0.3) is 0 Å². The molecule has 0 unspecified atom stereocenters. The third-order valence-electron chi connectivity index (χ3n) is 2.25. The summed E-state index contributed by atoms with van der Waals surface area (Å²) in [5.41, 5.74) is 0. The Bertz CT molecular complexity index is 187. The third kappa shape index (κ3) is 11.1. The van der Waals surface area contributed by atoms with Gasteiger partial charge in [-0.2, -0.15) is 0 Å². The van der Waals surface area contributed by atoms with Crippen molar-refractivity contribution in [3.8, 4) is 0 Å². The number of esters is 1. The van der Waals surface area contributed by atoms with Crippen molar-refractivity contribution in [3.63, 3.8) is 0 Å². The fourth-order valence-electron chi connectivity index (χ4n) is 1.36. The molecule has 0 bridgehead atoms. The van der Waals surface area contributed by atoms with Crippen molar-refractivity contribution in [2.24, 2.45) is 0 Å². The highest BCUT2D eigenvalue weighted by Crippen LogP contribution is 2.06. The van der Waals surface area contributed by atoms with E-state index in [0.717, 1.165) is 12.8 Å². The normalized spacial score (nSPS) is 10.0. The van der Waals surface area contributed by atoms with Crippen LogP contribution in [0.4, 0.5) is 0 Å². The molecular weight excluding hydrogens is 192 g/mol. The highest BCUT2D eigenvalue weighted by molar-refractivity contribution is 5.78. The number of hydrogen-bond donors (Lipinski definition) is 0. The summed E-state index contributed by atoms with van der Waals surface area (Å²) < 4.78 is 4.70. The maximum atomic E-state index is 11.3. The molecule has 88 valence electrons. The predicted molar refractivity (Wildman–Crippen MR) is 59.6 cm³/mol. The maximum absolute atomic E-state index is 11.3. The van der Waals surface area contributed by atoms with E-state index in [2.05, 4.69) is 6.92 Å².